The van der Waals surface area contributed by atoms with Crippen LogP contribution in [0.3, 0.4) is 0 Å². The summed E-state index contributed by atoms with van der Waals surface area (Å²) >= 11 is 0. The summed E-state index contributed by atoms with van der Waals surface area (Å²) in [6.45, 7) is 8.51. The molecule has 0 saturated carbocycles. The lowest BCUT2D eigenvalue weighted by atomic mass is 9.98. The summed E-state index contributed by atoms with van der Waals surface area (Å²) in [4.78, 5) is 0. The standard InChI is InChI=1S/C24H34O3Si/c1-24(2,3)28(22-10-6-4-7-11-22,23-12-8-5-9-13-23)27-17-16-21-15-14-20(18-25)19-26-21/h4-13,20-21,25H,14-19H2,1-3H3/t20-,21-/m1/s1. The molecule has 0 aliphatic carbocycles. The van der Waals surface area contributed by atoms with E-state index in [9.17, 15) is 5.11 Å². The zero-order valence-corrected chi connectivity index (χ0v) is 18.4. The van der Waals surface area contributed by atoms with Crippen molar-refractivity contribution in [3.8, 4) is 0 Å². The summed E-state index contributed by atoms with van der Waals surface area (Å²) in [7, 11) is -2.45. The van der Waals surface area contributed by atoms with E-state index in [0.717, 1.165) is 19.3 Å². The zero-order chi connectivity index (χ0) is 20.0. The van der Waals surface area contributed by atoms with Crippen LogP contribution in [0.4, 0.5) is 0 Å². The molecule has 4 heteroatoms. The van der Waals surface area contributed by atoms with Crippen LogP contribution in [-0.4, -0.2) is 39.3 Å². The lowest BCUT2D eigenvalue weighted by Crippen LogP contribution is -2.66. The van der Waals surface area contributed by atoms with Crippen LogP contribution in [0.1, 0.15) is 40.0 Å². The van der Waals surface area contributed by atoms with E-state index >= 15 is 0 Å². The van der Waals surface area contributed by atoms with Gasteiger partial charge in [-0.3, -0.25) is 0 Å². The van der Waals surface area contributed by atoms with Crippen molar-refractivity contribution in [3.05, 3.63) is 60.7 Å². The molecule has 1 aliphatic heterocycles. The van der Waals surface area contributed by atoms with Crippen LogP contribution in [0.15, 0.2) is 60.7 Å². The van der Waals surface area contributed by atoms with Crippen LogP contribution in [0.25, 0.3) is 0 Å². The van der Waals surface area contributed by atoms with E-state index in [1.54, 1.807) is 0 Å². The molecule has 1 fully saturated rings. The van der Waals surface area contributed by atoms with E-state index in [0.29, 0.717) is 19.1 Å². The SMILES string of the molecule is CC(C)(C)[Si](OCC[C@H]1CC[C@H](CO)CO1)(c1ccccc1)c1ccccc1. The summed E-state index contributed by atoms with van der Waals surface area (Å²) in [5, 5.41) is 11.9. The quantitative estimate of drug-likeness (QED) is 0.722. The first-order chi connectivity index (χ1) is 13.5. The number of ether oxygens (including phenoxy) is 1. The highest BCUT2D eigenvalue weighted by molar-refractivity contribution is 6.99. The Morgan fingerprint density at radius 3 is 1.96 bits per heavy atom. The van der Waals surface area contributed by atoms with E-state index < -0.39 is 8.32 Å². The van der Waals surface area contributed by atoms with Crippen molar-refractivity contribution in [1.29, 1.82) is 0 Å². The van der Waals surface area contributed by atoms with E-state index in [4.69, 9.17) is 9.16 Å². The largest absolute Gasteiger partial charge is 0.407 e. The summed E-state index contributed by atoms with van der Waals surface area (Å²) in [5.74, 6) is 0.300. The van der Waals surface area contributed by atoms with Crippen molar-refractivity contribution < 1.29 is 14.3 Å². The summed E-state index contributed by atoms with van der Waals surface area (Å²) in [5.41, 5.74) is 0. The van der Waals surface area contributed by atoms with Crippen molar-refractivity contribution in [2.24, 2.45) is 5.92 Å². The van der Waals surface area contributed by atoms with Gasteiger partial charge < -0.3 is 14.3 Å². The number of hydrogen-bond donors (Lipinski definition) is 1. The molecule has 2 atom stereocenters. The van der Waals surface area contributed by atoms with Gasteiger partial charge >= 0.3 is 0 Å². The Morgan fingerprint density at radius 2 is 1.54 bits per heavy atom. The Hall–Kier alpha value is -1.46. The fourth-order valence-electron chi connectivity index (χ4n) is 4.34. The van der Waals surface area contributed by atoms with Gasteiger partial charge in [0.25, 0.3) is 8.32 Å². The third-order valence-electron chi connectivity index (χ3n) is 5.90. The van der Waals surface area contributed by atoms with Gasteiger partial charge in [-0.2, -0.15) is 0 Å². The molecule has 1 heterocycles. The van der Waals surface area contributed by atoms with Crippen molar-refractivity contribution in [3.63, 3.8) is 0 Å². The fourth-order valence-corrected chi connectivity index (χ4v) is 8.92. The Bertz CT molecular complexity index is 664. The average molecular weight is 399 g/mol. The van der Waals surface area contributed by atoms with Gasteiger partial charge in [-0.1, -0.05) is 81.4 Å². The van der Waals surface area contributed by atoms with Crippen molar-refractivity contribution in [1.82, 2.24) is 0 Å². The molecule has 0 bridgehead atoms. The number of rotatable bonds is 7. The Balaban J connectivity index is 1.83. The minimum absolute atomic E-state index is 0.00507. The topological polar surface area (TPSA) is 38.7 Å². The minimum atomic E-state index is -2.45. The molecule has 1 saturated heterocycles. The third-order valence-corrected chi connectivity index (χ3v) is 10.9. The second-order valence-corrected chi connectivity index (χ2v) is 13.2. The molecule has 2 aromatic rings. The van der Waals surface area contributed by atoms with E-state index in [1.165, 1.54) is 10.4 Å². The normalized spacial score (nSPS) is 20.9. The molecule has 0 amide bonds. The molecule has 0 aromatic heterocycles. The van der Waals surface area contributed by atoms with Gasteiger partial charge in [-0.05, 0) is 34.7 Å². The predicted molar refractivity (Wildman–Crippen MR) is 118 cm³/mol. The maximum absolute atomic E-state index is 9.30. The van der Waals surface area contributed by atoms with Crippen LogP contribution in [0.5, 0.6) is 0 Å². The monoisotopic (exact) mass is 398 g/mol. The molecule has 3 rings (SSSR count). The second kappa shape index (κ2) is 9.36. The number of aliphatic hydroxyl groups excluding tert-OH is 1. The number of benzene rings is 2. The van der Waals surface area contributed by atoms with Gasteiger partial charge in [0.05, 0.1) is 12.7 Å². The van der Waals surface area contributed by atoms with Crippen LogP contribution in [0.2, 0.25) is 5.04 Å². The minimum Gasteiger partial charge on any atom is -0.407 e. The van der Waals surface area contributed by atoms with Gasteiger partial charge in [-0.25, -0.2) is 0 Å². The van der Waals surface area contributed by atoms with Gasteiger partial charge in [0.15, 0.2) is 0 Å². The molecule has 0 spiro atoms. The highest BCUT2D eigenvalue weighted by Crippen LogP contribution is 2.37. The lowest BCUT2D eigenvalue weighted by Gasteiger charge is -2.43. The maximum atomic E-state index is 9.30. The molecule has 1 N–H and O–H groups in total. The first-order valence-electron chi connectivity index (χ1n) is 10.4. The first kappa shape index (κ1) is 21.3. The van der Waals surface area contributed by atoms with Crippen LogP contribution in [-0.2, 0) is 9.16 Å². The first-order valence-corrected chi connectivity index (χ1v) is 12.4. The zero-order valence-electron chi connectivity index (χ0n) is 17.4. The van der Waals surface area contributed by atoms with Crippen molar-refractivity contribution >= 4 is 18.7 Å². The number of aliphatic hydroxyl groups is 1. The predicted octanol–water partition coefficient (Wildman–Crippen LogP) is 3.74. The molecular weight excluding hydrogens is 364 g/mol. The molecule has 0 radical (unpaired) electrons. The Morgan fingerprint density at radius 1 is 0.964 bits per heavy atom. The van der Waals surface area contributed by atoms with E-state index in [-0.39, 0.29) is 17.7 Å². The highest BCUT2D eigenvalue weighted by atomic mass is 28.4. The maximum Gasteiger partial charge on any atom is 0.261 e. The van der Waals surface area contributed by atoms with Gasteiger partial charge in [0, 0.05) is 19.1 Å². The summed E-state index contributed by atoms with van der Waals surface area (Å²) in [6.07, 6.45) is 3.19. The smallest absolute Gasteiger partial charge is 0.261 e. The van der Waals surface area contributed by atoms with Crippen molar-refractivity contribution in [2.75, 3.05) is 19.8 Å². The van der Waals surface area contributed by atoms with Crippen LogP contribution >= 0.6 is 0 Å². The van der Waals surface area contributed by atoms with Gasteiger partial charge in [-0.15, -0.1) is 0 Å². The fraction of sp³-hybridized carbons (Fsp3) is 0.500. The molecule has 1 aliphatic rings. The van der Waals surface area contributed by atoms with E-state index in [1.807, 2.05) is 0 Å². The van der Waals surface area contributed by atoms with E-state index in [2.05, 4.69) is 81.4 Å². The molecule has 152 valence electrons. The Labute approximate surface area is 170 Å². The summed E-state index contributed by atoms with van der Waals surface area (Å²) in [6, 6.07) is 21.5. The average Bonchev–Trinajstić information content (AvgIpc) is 2.72. The van der Waals surface area contributed by atoms with Crippen molar-refractivity contribution in [2.45, 2.75) is 51.2 Å². The molecule has 28 heavy (non-hydrogen) atoms. The van der Waals surface area contributed by atoms with Gasteiger partial charge in [0.1, 0.15) is 0 Å². The lowest BCUT2D eigenvalue weighted by molar-refractivity contribution is -0.0381. The third kappa shape index (κ3) is 4.57. The van der Waals surface area contributed by atoms with Crippen LogP contribution in [0, 0.1) is 5.92 Å². The highest BCUT2D eigenvalue weighted by Gasteiger charge is 2.50. The van der Waals surface area contributed by atoms with Gasteiger partial charge in [0.2, 0.25) is 0 Å². The molecular formula is C24H34O3Si. The molecule has 2 aromatic carbocycles. The van der Waals surface area contributed by atoms with Crippen LogP contribution < -0.4 is 10.4 Å². The summed E-state index contributed by atoms with van der Waals surface area (Å²) < 4.78 is 12.9. The molecule has 0 unspecified atom stereocenters. The molecule has 3 nitrogen and oxygen atoms in total. The Kier molecular flexibility index (Phi) is 7.10. The number of hydrogen-bond acceptors (Lipinski definition) is 3. The second-order valence-electron chi connectivity index (χ2n) is 8.88.